The Labute approximate surface area is 197 Å². The third-order valence-corrected chi connectivity index (χ3v) is 6.70. The molecule has 0 aliphatic rings. The van der Waals surface area contributed by atoms with Gasteiger partial charge < -0.3 is 5.32 Å². The predicted molar refractivity (Wildman–Crippen MR) is 132 cm³/mol. The lowest BCUT2D eigenvalue weighted by Crippen LogP contribution is -2.25. The van der Waals surface area contributed by atoms with Crippen molar-refractivity contribution in [3.8, 4) is 16.8 Å². The standard InChI is InChI=1S/C25H22ClN3O3S/c1-17-6-3-4-7-19(17)15-27-24-23(18-10-12-22(13-11-18)33(2,31)32)16-28-29(25(24)30)21-9-5-8-20(26)14-21/h3-14,16,27H,15H2,1-2H3. The maximum atomic E-state index is 13.5. The number of hydrogen-bond acceptors (Lipinski definition) is 5. The van der Waals surface area contributed by atoms with Crippen LogP contribution in [0.1, 0.15) is 11.1 Å². The van der Waals surface area contributed by atoms with Crippen LogP contribution in [0.15, 0.2) is 88.7 Å². The molecule has 0 aliphatic heterocycles. The molecule has 4 aromatic rings. The van der Waals surface area contributed by atoms with E-state index in [1.54, 1.807) is 42.6 Å². The summed E-state index contributed by atoms with van der Waals surface area (Å²) in [5.41, 5.74) is 3.99. The van der Waals surface area contributed by atoms with Crippen molar-refractivity contribution in [3.05, 3.63) is 105 Å². The molecule has 0 unspecified atom stereocenters. The van der Waals surface area contributed by atoms with Gasteiger partial charge in [0.25, 0.3) is 5.56 Å². The molecule has 0 saturated carbocycles. The van der Waals surface area contributed by atoms with Crippen molar-refractivity contribution in [2.75, 3.05) is 11.6 Å². The van der Waals surface area contributed by atoms with Gasteiger partial charge in [0.2, 0.25) is 0 Å². The van der Waals surface area contributed by atoms with Gasteiger partial charge in [0.05, 0.1) is 16.8 Å². The molecule has 1 aromatic heterocycles. The van der Waals surface area contributed by atoms with E-state index in [1.165, 1.54) is 16.8 Å². The minimum absolute atomic E-state index is 0.209. The number of anilines is 1. The second-order valence-corrected chi connectivity index (χ2v) is 10.2. The Balaban J connectivity index is 1.82. The van der Waals surface area contributed by atoms with E-state index in [4.69, 9.17) is 11.6 Å². The van der Waals surface area contributed by atoms with E-state index in [2.05, 4.69) is 10.4 Å². The van der Waals surface area contributed by atoms with E-state index >= 15 is 0 Å². The Morgan fingerprint density at radius 3 is 2.39 bits per heavy atom. The molecule has 0 spiro atoms. The third-order valence-electron chi connectivity index (χ3n) is 5.34. The largest absolute Gasteiger partial charge is 0.376 e. The van der Waals surface area contributed by atoms with Gasteiger partial charge in [-0.2, -0.15) is 9.78 Å². The SMILES string of the molecule is Cc1ccccc1CNc1c(-c2ccc(S(C)(=O)=O)cc2)cnn(-c2cccc(Cl)c2)c1=O. The predicted octanol–water partition coefficient (Wildman–Crippen LogP) is 4.88. The van der Waals surface area contributed by atoms with Gasteiger partial charge in [0.15, 0.2) is 9.84 Å². The molecule has 0 saturated heterocycles. The number of hydrogen-bond donors (Lipinski definition) is 1. The van der Waals surface area contributed by atoms with E-state index in [0.717, 1.165) is 17.4 Å². The van der Waals surface area contributed by atoms with E-state index in [9.17, 15) is 13.2 Å². The Hall–Kier alpha value is -3.42. The van der Waals surface area contributed by atoms with Crippen LogP contribution in [0, 0.1) is 6.92 Å². The molecule has 168 valence electrons. The molecule has 0 amide bonds. The monoisotopic (exact) mass is 479 g/mol. The van der Waals surface area contributed by atoms with Crippen molar-refractivity contribution in [1.29, 1.82) is 0 Å². The smallest absolute Gasteiger partial charge is 0.295 e. The maximum Gasteiger partial charge on any atom is 0.295 e. The van der Waals surface area contributed by atoms with Crippen LogP contribution in [-0.2, 0) is 16.4 Å². The number of benzene rings is 3. The lowest BCUT2D eigenvalue weighted by atomic mass is 10.1. The van der Waals surface area contributed by atoms with Gasteiger partial charge in [-0.3, -0.25) is 4.79 Å². The first kappa shape index (κ1) is 22.8. The first-order chi connectivity index (χ1) is 15.7. The van der Waals surface area contributed by atoms with Crippen molar-refractivity contribution in [2.45, 2.75) is 18.4 Å². The molecular formula is C25H22ClN3O3S. The normalized spacial score (nSPS) is 11.4. The Bertz CT molecular complexity index is 1480. The van der Waals surface area contributed by atoms with Gasteiger partial charge in [0.1, 0.15) is 5.69 Å². The molecule has 0 atom stereocenters. The van der Waals surface area contributed by atoms with Crippen LogP contribution in [0.25, 0.3) is 16.8 Å². The topological polar surface area (TPSA) is 81.1 Å². The Kier molecular flexibility index (Phi) is 6.35. The van der Waals surface area contributed by atoms with E-state index in [0.29, 0.717) is 34.1 Å². The van der Waals surface area contributed by atoms with E-state index in [-0.39, 0.29) is 10.5 Å². The zero-order valence-electron chi connectivity index (χ0n) is 18.1. The molecule has 1 N–H and O–H groups in total. The fourth-order valence-electron chi connectivity index (χ4n) is 3.51. The van der Waals surface area contributed by atoms with Crippen LogP contribution in [-0.4, -0.2) is 24.5 Å². The molecule has 4 rings (SSSR count). The summed E-state index contributed by atoms with van der Waals surface area (Å²) in [4.78, 5) is 13.7. The van der Waals surface area contributed by atoms with Crippen LogP contribution in [0.5, 0.6) is 0 Å². The van der Waals surface area contributed by atoms with Crippen LogP contribution >= 0.6 is 11.6 Å². The fraction of sp³-hybridized carbons (Fsp3) is 0.120. The van der Waals surface area contributed by atoms with Crippen LogP contribution in [0.3, 0.4) is 0 Å². The Morgan fingerprint density at radius 1 is 1.00 bits per heavy atom. The van der Waals surface area contributed by atoms with Crippen LogP contribution < -0.4 is 10.9 Å². The molecule has 3 aromatic carbocycles. The molecule has 0 radical (unpaired) electrons. The number of rotatable bonds is 6. The number of nitrogens with one attached hydrogen (secondary N) is 1. The number of nitrogens with zero attached hydrogens (tertiary/aromatic N) is 2. The lowest BCUT2D eigenvalue weighted by Gasteiger charge is -2.15. The average Bonchev–Trinajstić information content (AvgIpc) is 2.78. The third kappa shape index (κ3) is 4.99. The highest BCUT2D eigenvalue weighted by atomic mass is 35.5. The van der Waals surface area contributed by atoms with Gasteiger partial charge in [-0.25, -0.2) is 8.42 Å². The van der Waals surface area contributed by atoms with Gasteiger partial charge >= 0.3 is 0 Å². The molecule has 1 heterocycles. The van der Waals surface area contributed by atoms with Crippen molar-refractivity contribution < 1.29 is 8.42 Å². The van der Waals surface area contributed by atoms with Gasteiger partial charge in [-0.1, -0.05) is 54.1 Å². The highest BCUT2D eigenvalue weighted by Crippen LogP contribution is 2.27. The second kappa shape index (κ2) is 9.21. The quantitative estimate of drug-likeness (QED) is 0.426. The molecule has 33 heavy (non-hydrogen) atoms. The first-order valence-corrected chi connectivity index (χ1v) is 12.5. The summed E-state index contributed by atoms with van der Waals surface area (Å²) >= 11 is 6.12. The summed E-state index contributed by atoms with van der Waals surface area (Å²) in [5.74, 6) is 0. The highest BCUT2D eigenvalue weighted by Gasteiger charge is 2.16. The molecule has 6 nitrogen and oxygen atoms in total. The summed E-state index contributed by atoms with van der Waals surface area (Å²) in [5, 5.41) is 8.14. The van der Waals surface area contributed by atoms with Crippen LogP contribution in [0.2, 0.25) is 5.02 Å². The first-order valence-electron chi connectivity index (χ1n) is 10.2. The van der Waals surface area contributed by atoms with Crippen molar-refractivity contribution in [3.63, 3.8) is 0 Å². The fourth-order valence-corrected chi connectivity index (χ4v) is 4.32. The summed E-state index contributed by atoms with van der Waals surface area (Å²) in [6, 6.07) is 21.2. The number of aryl methyl sites for hydroxylation is 1. The minimum atomic E-state index is -3.33. The van der Waals surface area contributed by atoms with Crippen LogP contribution in [0.4, 0.5) is 5.69 Å². The summed E-state index contributed by atoms with van der Waals surface area (Å²) in [6.45, 7) is 2.45. The van der Waals surface area contributed by atoms with E-state index < -0.39 is 9.84 Å². The van der Waals surface area contributed by atoms with Gasteiger partial charge in [-0.05, 0) is 53.9 Å². The maximum absolute atomic E-state index is 13.5. The number of aromatic nitrogens is 2. The highest BCUT2D eigenvalue weighted by molar-refractivity contribution is 7.90. The van der Waals surface area contributed by atoms with Crippen molar-refractivity contribution in [1.82, 2.24) is 9.78 Å². The van der Waals surface area contributed by atoms with Gasteiger partial charge in [0, 0.05) is 23.4 Å². The minimum Gasteiger partial charge on any atom is -0.376 e. The summed E-state index contributed by atoms with van der Waals surface area (Å²) in [6.07, 6.45) is 2.75. The molecule has 0 fully saturated rings. The Morgan fingerprint density at radius 2 is 1.73 bits per heavy atom. The summed E-state index contributed by atoms with van der Waals surface area (Å²) in [7, 11) is -3.33. The average molecular weight is 480 g/mol. The van der Waals surface area contributed by atoms with Gasteiger partial charge in [-0.15, -0.1) is 0 Å². The number of halogens is 1. The lowest BCUT2D eigenvalue weighted by molar-refractivity contribution is 0.602. The molecule has 0 bridgehead atoms. The van der Waals surface area contributed by atoms with Crippen molar-refractivity contribution >= 4 is 27.1 Å². The molecular weight excluding hydrogens is 458 g/mol. The number of sulfone groups is 1. The zero-order valence-corrected chi connectivity index (χ0v) is 19.7. The molecule has 8 heteroatoms. The second-order valence-electron chi connectivity index (χ2n) is 7.71. The molecule has 0 aliphatic carbocycles. The van der Waals surface area contributed by atoms with E-state index in [1.807, 2.05) is 31.2 Å². The summed E-state index contributed by atoms with van der Waals surface area (Å²) < 4.78 is 25.0. The zero-order chi connectivity index (χ0) is 23.6. The van der Waals surface area contributed by atoms with Crippen molar-refractivity contribution in [2.24, 2.45) is 0 Å².